The Bertz CT molecular complexity index is 1580. The highest BCUT2D eigenvalue weighted by Gasteiger charge is 2.49. The van der Waals surface area contributed by atoms with E-state index in [1.54, 1.807) is 48.4 Å². The van der Waals surface area contributed by atoms with E-state index in [0.29, 0.717) is 35.6 Å². The number of sulfonamides is 1. The lowest BCUT2D eigenvalue weighted by molar-refractivity contribution is 0.0287. The van der Waals surface area contributed by atoms with Crippen LogP contribution in [0.5, 0.6) is 0 Å². The zero-order valence-corrected chi connectivity index (χ0v) is 23.5. The van der Waals surface area contributed by atoms with E-state index in [-0.39, 0.29) is 49.4 Å². The van der Waals surface area contributed by atoms with Crippen LogP contribution in [-0.4, -0.2) is 85.4 Å². The van der Waals surface area contributed by atoms with Crippen molar-refractivity contribution in [2.75, 3.05) is 24.2 Å². The number of anilines is 2. The lowest BCUT2D eigenvalue weighted by Gasteiger charge is -2.47. The molecule has 3 aliphatic rings. The minimum absolute atomic E-state index is 0.00209. The van der Waals surface area contributed by atoms with Crippen molar-refractivity contribution >= 4 is 27.6 Å². The first-order valence-electron chi connectivity index (χ1n) is 13.8. The quantitative estimate of drug-likeness (QED) is 0.411. The first-order chi connectivity index (χ1) is 19.7. The van der Waals surface area contributed by atoms with E-state index in [0.717, 1.165) is 18.5 Å². The second kappa shape index (κ2) is 10.5. The van der Waals surface area contributed by atoms with E-state index < -0.39 is 15.6 Å². The highest BCUT2D eigenvalue weighted by Crippen LogP contribution is 2.37. The van der Waals surface area contributed by atoms with Gasteiger partial charge in [-0.15, -0.1) is 0 Å². The van der Waals surface area contributed by atoms with Gasteiger partial charge in [0, 0.05) is 54.4 Å². The molecule has 3 atom stereocenters. The number of fused-ring (bicyclic) bond motifs is 2. The molecule has 0 radical (unpaired) electrons. The highest BCUT2D eigenvalue weighted by molar-refractivity contribution is 7.89. The van der Waals surface area contributed by atoms with Gasteiger partial charge in [-0.1, -0.05) is 0 Å². The number of benzene rings is 1. The molecule has 214 valence electrons. The summed E-state index contributed by atoms with van der Waals surface area (Å²) in [5.41, 5.74) is 1.96. The molecule has 6 rings (SSSR count). The van der Waals surface area contributed by atoms with Crippen LogP contribution in [0.2, 0.25) is 0 Å². The number of piperidine rings is 1. The van der Waals surface area contributed by atoms with Crippen molar-refractivity contribution in [2.45, 2.75) is 62.8 Å². The van der Waals surface area contributed by atoms with Crippen LogP contribution in [0.1, 0.15) is 49.4 Å². The number of nitrogens with one attached hydrogen (secondary N) is 1. The summed E-state index contributed by atoms with van der Waals surface area (Å²) < 4.78 is 27.6. The highest BCUT2D eigenvalue weighted by atomic mass is 32.2. The summed E-state index contributed by atoms with van der Waals surface area (Å²) in [6.45, 7) is 2.01. The van der Waals surface area contributed by atoms with Gasteiger partial charge in [0.15, 0.2) is 0 Å². The molecule has 2 aromatic heterocycles. The molecule has 0 saturated carbocycles. The number of carbonyl (C=O) groups excluding carboxylic acids is 1. The van der Waals surface area contributed by atoms with Gasteiger partial charge in [0.2, 0.25) is 16.0 Å². The van der Waals surface area contributed by atoms with E-state index in [4.69, 9.17) is 0 Å². The van der Waals surface area contributed by atoms with Crippen LogP contribution in [0.15, 0.2) is 48.9 Å². The third-order valence-corrected chi connectivity index (χ3v) is 10.2. The molecule has 2 bridgehead atoms. The first-order valence-corrected chi connectivity index (χ1v) is 15.4. The standard InChI is InChI=1S/C28H32N8O4S/c1-2-41(39,40)34-17-28(18-34,10-11-29)35-16-20(15-31-35)25-9-12-30-27(33-25)32-21-5-3-19(4-6-21)26(38)36-22-7-8-23(36)14-24(37)13-22/h3-6,9,12,15-16,22-24,37H,2,7-8,10,13-14,17-18H2,1H3,(H,30,32,33)/t22-,23+,24+. The Morgan fingerprint density at radius 1 is 1.17 bits per heavy atom. The van der Waals surface area contributed by atoms with E-state index in [1.165, 1.54) is 4.31 Å². The molecular formula is C28H32N8O4S. The topological polar surface area (TPSA) is 157 Å². The second-order valence-corrected chi connectivity index (χ2v) is 13.3. The number of aliphatic hydroxyl groups excluding tert-OH is 1. The molecule has 3 aliphatic heterocycles. The minimum Gasteiger partial charge on any atom is -0.393 e. The van der Waals surface area contributed by atoms with E-state index >= 15 is 0 Å². The minimum atomic E-state index is -3.33. The fourth-order valence-electron chi connectivity index (χ4n) is 6.22. The number of nitriles is 1. The van der Waals surface area contributed by atoms with Gasteiger partial charge in [-0.25, -0.2) is 18.4 Å². The maximum atomic E-state index is 13.2. The van der Waals surface area contributed by atoms with Crippen LogP contribution in [0.4, 0.5) is 11.6 Å². The Morgan fingerprint density at radius 2 is 1.88 bits per heavy atom. The smallest absolute Gasteiger partial charge is 0.254 e. The van der Waals surface area contributed by atoms with Crippen LogP contribution in [0, 0.1) is 11.3 Å². The molecule has 3 aromatic rings. The number of rotatable bonds is 8. The third kappa shape index (κ3) is 5.07. The zero-order chi connectivity index (χ0) is 28.8. The Morgan fingerprint density at radius 3 is 2.54 bits per heavy atom. The van der Waals surface area contributed by atoms with E-state index in [9.17, 15) is 23.6 Å². The molecule has 2 N–H and O–H groups in total. The summed E-state index contributed by atoms with van der Waals surface area (Å²) >= 11 is 0. The molecule has 0 unspecified atom stereocenters. The van der Waals surface area contributed by atoms with Crippen molar-refractivity contribution in [1.82, 2.24) is 29.0 Å². The monoisotopic (exact) mass is 576 g/mol. The fraction of sp³-hybridized carbons (Fsp3) is 0.464. The van der Waals surface area contributed by atoms with Crippen LogP contribution in [0.3, 0.4) is 0 Å². The first kappa shape index (κ1) is 27.3. The summed E-state index contributed by atoms with van der Waals surface area (Å²) in [6.07, 6.45) is 8.06. The molecule has 5 heterocycles. The number of carbonyl (C=O) groups is 1. The largest absolute Gasteiger partial charge is 0.393 e. The molecule has 13 heteroatoms. The number of hydrogen-bond acceptors (Lipinski definition) is 9. The van der Waals surface area contributed by atoms with Crippen molar-refractivity contribution < 1.29 is 18.3 Å². The average Bonchev–Trinajstić information content (AvgIpc) is 3.54. The normalized spacial score (nSPS) is 23.5. The molecule has 0 spiro atoms. The van der Waals surface area contributed by atoms with Gasteiger partial charge in [0.1, 0.15) is 5.54 Å². The predicted molar refractivity (Wildman–Crippen MR) is 150 cm³/mol. The Kier molecular flexibility index (Phi) is 7.01. The number of hydrogen-bond donors (Lipinski definition) is 2. The lowest BCUT2D eigenvalue weighted by atomic mass is 9.89. The molecule has 1 aromatic carbocycles. The van der Waals surface area contributed by atoms with Gasteiger partial charge >= 0.3 is 0 Å². The Labute approximate surface area is 238 Å². The van der Waals surface area contributed by atoms with Gasteiger partial charge in [0.25, 0.3) is 5.91 Å². The van der Waals surface area contributed by atoms with E-state index in [1.807, 2.05) is 17.0 Å². The van der Waals surface area contributed by atoms with Crippen molar-refractivity contribution in [1.29, 1.82) is 5.26 Å². The second-order valence-electron chi connectivity index (χ2n) is 11.1. The third-order valence-electron chi connectivity index (χ3n) is 8.46. The van der Waals surface area contributed by atoms with Gasteiger partial charge < -0.3 is 15.3 Å². The Balaban J connectivity index is 1.14. The van der Waals surface area contributed by atoms with Crippen LogP contribution in [-0.2, 0) is 15.6 Å². The summed E-state index contributed by atoms with van der Waals surface area (Å²) in [5.74, 6) is 0.385. The van der Waals surface area contributed by atoms with Crippen molar-refractivity contribution in [3.05, 3.63) is 54.5 Å². The Hall–Kier alpha value is -3.86. The van der Waals surface area contributed by atoms with Gasteiger partial charge in [-0.3, -0.25) is 9.48 Å². The van der Waals surface area contributed by atoms with Crippen LogP contribution in [0.25, 0.3) is 11.3 Å². The number of amides is 1. The molecular weight excluding hydrogens is 544 g/mol. The SMILES string of the molecule is CCS(=O)(=O)N1CC(CC#N)(n2cc(-c3ccnc(Nc4ccc(C(=O)N5[C@@H]6CC[C@H]5C[C@@H](O)C6)cc4)n3)cn2)C1. The van der Waals surface area contributed by atoms with Crippen molar-refractivity contribution in [3.8, 4) is 17.3 Å². The average molecular weight is 577 g/mol. The molecule has 3 saturated heterocycles. The molecule has 12 nitrogen and oxygen atoms in total. The number of nitrogens with zero attached hydrogens (tertiary/aromatic N) is 7. The summed E-state index contributed by atoms with van der Waals surface area (Å²) in [6, 6.07) is 11.4. The number of aromatic nitrogens is 4. The molecule has 3 fully saturated rings. The van der Waals surface area contributed by atoms with Crippen LogP contribution >= 0.6 is 0 Å². The van der Waals surface area contributed by atoms with Gasteiger partial charge in [-0.05, 0) is 62.9 Å². The molecule has 0 aliphatic carbocycles. The summed E-state index contributed by atoms with van der Waals surface area (Å²) in [5, 5.41) is 27.1. The maximum absolute atomic E-state index is 13.2. The maximum Gasteiger partial charge on any atom is 0.254 e. The predicted octanol–water partition coefficient (Wildman–Crippen LogP) is 2.49. The summed E-state index contributed by atoms with van der Waals surface area (Å²) in [4.78, 5) is 24.1. The van der Waals surface area contributed by atoms with Crippen molar-refractivity contribution in [2.24, 2.45) is 0 Å². The van der Waals surface area contributed by atoms with Crippen LogP contribution < -0.4 is 5.32 Å². The van der Waals surface area contributed by atoms with E-state index in [2.05, 4.69) is 26.5 Å². The zero-order valence-electron chi connectivity index (χ0n) is 22.7. The fourth-order valence-corrected chi connectivity index (χ4v) is 7.46. The lowest BCUT2D eigenvalue weighted by Crippen LogP contribution is -2.64. The van der Waals surface area contributed by atoms with Crippen molar-refractivity contribution in [3.63, 3.8) is 0 Å². The number of aliphatic hydroxyl groups is 1. The van der Waals surface area contributed by atoms with Gasteiger partial charge in [0.05, 0.1) is 36.2 Å². The molecule has 1 amide bonds. The van der Waals surface area contributed by atoms with Gasteiger partial charge in [-0.2, -0.15) is 14.7 Å². The summed E-state index contributed by atoms with van der Waals surface area (Å²) in [7, 11) is -3.33. The molecule has 41 heavy (non-hydrogen) atoms.